The summed E-state index contributed by atoms with van der Waals surface area (Å²) < 4.78 is 1.87. The highest BCUT2D eigenvalue weighted by molar-refractivity contribution is 7.98. The van der Waals surface area contributed by atoms with Crippen molar-refractivity contribution in [1.29, 1.82) is 0 Å². The molecule has 122 valence electrons. The Morgan fingerprint density at radius 3 is 2.50 bits per heavy atom. The molecule has 3 aromatic rings. The molecule has 0 atom stereocenters. The maximum absolute atomic E-state index is 12.8. The van der Waals surface area contributed by atoms with Crippen LogP contribution in [0.5, 0.6) is 0 Å². The molecular weight excluding hydrogens is 320 g/mol. The lowest BCUT2D eigenvalue weighted by molar-refractivity contribution is 0.282. The summed E-state index contributed by atoms with van der Waals surface area (Å²) in [5.74, 6) is 0.753. The maximum atomic E-state index is 12.8. The van der Waals surface area contributed by atoms with Gasteiger partial charge in [0.15, 0.2) is 5.16 Å². The largest absolute Gasteiger partial charge is 0.392 e. The topological polar surface area (TPSA) is 55.1 Å². The summed E-state index contributed by atoms with van der Waals surface area (Å²) >= 11 is 1.60. The minimum absolute atomic E-state index is 0.0564. The van der Waals surface area contributed by atoms with Gasteiger partial charge in [-0.3, -0.25) is 9.36 Å². The molecule has 1 N–H and O–H groups in total. The molecule has 0 amide bonds. The first kappa shape index (κ1) is 15.4. The van der Waals surface area contributed by atoms with Crippen LogP contribution in [0.4, 0.5) is 0 Å². The first-order valence-corrected chi connectivity index (χ1v) is 9.07. The second-order valence-electron chi connectivity index (χ2n) is 6.08. The molecule has 0 radical (unpaired) electrons. The van der Waals surface area contributed by atoms with Crippen molar-refractivity contribution in [3.63, 3.8) is 0 Å². The number of rotatable bonds is 5. The molecule has 4 nitrogen and oxygen atoms in total. The summed E-state index contributed by atoms with van der Waals surface area (Å²) in [5.41, 5.74) is 2.89. The van der Waals surface area contributed by atoms with E-state index in [4.69, 9.17) is 10.1 Å². The molecule has 1 heterocycles. The predicted molar refractivity (Wildman–Crippen MR) is 96.2 cm³/mol. The van der Waals surface area contributed by atoms with Gasteiger partial charge in [-0.2, -0.15) is 0 Å². The molecule has 1 aliphatic rings. The van der Waals surface area contributed by atoms with E-state index in [1.54, 1.807) is 11.8 Å². The third-order valence-corrected chi connectivity index (χ3v) is 5.28. The van der Waals surface area contributed by atoms with Gasteiger partial charge < -0.3 is 5.11 Å². The molecule has 1 aliphatic carbocycles. The molecule has 24 heavy (non-hydrogen) atoms. The van der Waals surface area contributed by atoms with Gasteiger partial charge in [0, 0.05) is 11.8 Å². The van der Waals surface area contributed by atoms with Gasteiger partial charge in [0.2, 0.25) is 0 Å². The molecule has 0 spiro atoms. The number of benzene rings is 2. The van der Waals surface area contributed by atoms with Crippen LogP contribution in [-0.2, 0) is 12.4 Å². The van der Waals surface area contributed by atoms with Crippen LogP contribution < -0.4 is 5.56 Å². The molecule has 0 saturated heterocycles. The summed E-state index contributed by atoms with van der Waals surface area (Å²) in [4.78, 5) is 17.5. The second kappa shape index (κ2) is 6.42. The van der Waals surface area contributed by atoms with Crippen LogP contribution in [-0.4, -0.2) is 14.7 Å². The van der Waals surface area contributed by atoms with Crippen LogP contribution in [0, 0.1) is 0 Å². The number of thioether (sulfide) groups is 1. The Morgan fingerprint density at radius 2 is 1.79 bits per heavy atom. The van der Waals surface area contributed by atoms with E-state index in [1.165, 1.54) is 0 Å². The fraction of sp³-hybridized carbons (Fsp3) is 0.263. The van der Waals surface area contributed by atoms with Gasteiger partial charge in [-0.25, -0.2) is 4.98 Å². The van der Waals surface area contributed by atoms with Gasteiger partial charge in [-0.1, -0.05) is 48.2 Å². The standard InChI is InChI=1S/C19H18N2O2S/c22-11-13-5-7-14(8-6-13)12-24-19-20-17-4-2-1-3-16(17)18(23)21(19)15-9-10-15/h1-8,15,22H,9-12H2. The summed E-state index contributed by atoms with van der Waals surface area (Å²) in [5, 5.41) is 10.6. The summed E-state index contributed by atoms with van der Waals surface area (Å²) in [6, 6.07) is 15.7. The molecule has 1 aromatic heterocycles. The second-order valence-corrected chi connectivity index (χ2v) is 7.02. The van der Waals surface area contributed by atoms with E-state index < -0.39 is 0 Å². The minimum Gasteiger partial charge on any atom is -0.392 e. The third-order valence-electron chi connectivity index (χ3n) is 4.26. The summed E-state index contributed by atoms with van der Waals surface area (Å²) in [7, 11) is 0. The van der Waals surface area contributed by atoms with Crippen molar-refractivity contribution in [3.05, 3.63) is 70.0 Å². The van der Waals surface area contributed by atoms with Crippen molar-refractivity contribution in [2.75, 3.05) is 0 Å². The Labute approximate surface area is 144 Å². The predicted octanol–water partition coefficient (Wildman–Crippen LogP) is 3.52. The van der Waals surface area contributed by atoms with Crippen LogP contribution in [0.2, 0.25) is 0 Å². The molecular formula is C19H18N2O2S. The van der Waals surface area contributed by atoms with Gasteiger partial charge >= 0.3 is 0 Å². The quantitative estimate of drug-likeness (QED) is 0.571. The fourth-order valence-electron chi connectivity index (χ4n) is 2.77. The molecule has 0 unspecified atom stereocenters. The Kier molecular flexibility index (Phi) is 4.12. The number of hydrogen-bond donors (Lipinski definition) is 1. The molecule has 1 fully saturated rings. The van der Waals surface area contributed by atoms with E-state index in [0.717, 1.165) is 40.4 Å². The van der Waals surface area contributed by atoms with Gasteiger partial charge in [-0.05, 0) is 36.1 Å². The lowest BCUT2D eigenvalue weighted by atomic mass is 10.2. The van der Waals surface area contributed by atoms with E-state index >= 15 is 0 Å². The summed E-state index contributed by atoms with van der Waals surface area (Å²) in [6.07, 6.45) is 2.11. The number of aromatic nitrogens is 2. The molecule has 4 rings (SSSR count). The van der Waals surface area contributed by atoms with Gasteiger partial charge in [0.1, 0.15) is 0 Å². The highest BCUT2D eigenvalue weighted by Crippen LogP contribution is 2.37. The number of hydrogen-bond acceptors (Lipinski definition) is 4. The fourth-order valence-corrected chi connectivity index (χ4v) is 3.79. The third kappa shape index (κ3) is 2.97. The van der Waals surface area contributed by atoms with E-state index in [0.29, 0.717) is 11.4 Å². The Balaban J connectivity index is 1.67. The van der Waals surface area contributed by atoms with Crippen LogP contribution in [0.15, 0.2) is 58.5 Å². The number of aliphatic hydroxyl groups is 1. The number of nitrogens with zero attached hydrogens (tertiary/aromatic N) is 2. The van der Waals surface area contributed by atoms with E-state index in [-0.39, 0.29) is 12.2 Å². The Bertz CT molecular complexity index is 930. The summed E-state index contributed by atoms with van der Waals surface area (Å²) in [6.45, 7) is 0.0564. The zero-order valence-corrected chi connectivity index (χ0v) is 14.0. The Morgan fingerprint density at radius 1 is 1.08 bits per heavy atom. The average Bonchev–Trinajstić information content (AvgIpc) is 3.45. The monoisotopic (exact) mass is 338 g/mol. The van der Waals surface area contributed by atoms with Crippen LogP contribution in [0.25, 0.3) is 10.9 Å². The van der Waals surface area contributed by atoms with Crippen LogP contribution >= 0.6 is 11.8 Å². The van der Waals surface area contributed by atoms with Crippen LogP contribution in [0.3, 0.4) is 0 Å². The average molecular weight is 338 g/mol. The first-order chi connectivity index (χ1) is 11.8. The van der Waals surface area contributed by atoms with Gasteiger partial charge in [0.25, 0.3) is 5.56 Å². The molecule has 1 saturated carbocycles. The zero-order valence-electron chi connectivity index (χ0n) is 13.2. The molecule has 5 heteroatoms. The smallest absolute Gasteiger partial charge is 0.262 e. The van der Waals surface area contributed by atoms with Gasteiger partial charge in [0.05, 0.1) is 17.5 Å². The van der Waals surface area contributed by atoms with Crippen molar-refractivity contribution in [1.82, 2.24) is 9.55 Å². The zero-order chi connectivity index (χ0) is 16.5. The van der Waals surface area contributed by atoms with Crippen molar-refractivity contribution < 1.29 is 5.11 Å². The molecule has 0 aliphatic heterocycles. The van der Waals surface area contributed by atoms with Crippen molar-refractivity contribution in [3.8, 4) is 0 Å². The SMILES string of the molecule is O=c1c2ccccc2nc(SCc2ccc(CO)cc2)n1C1CC1. The number of fused-ring (bicyclic) bond motifs is 1. The highest BCUT2D eigenvalue weighted by atomic mass is 32.2. The molecule has 0 bridgehead atoms. The van der Waals surface area contributed by atoms with E-state index in [9.17, 15) is 4.79 Å². The number of aliphatic hydroxyl groups excluding tert-OH is 1. The van der Waals surface area contributed by atoms with Crippen molar-refractivity contribution in [2.24, 2.45) is 0 Å². The van der Waals surface area contributed by atoms with Gasteiger partial charge in [-0.15, -0.1) is 0 Å². The lowest BCUT2D eigenvalue weighted by Gasteiger charge is -2.12. The normalized spacial score (nSPS) is 14.2. The molecule has 2 aromatic carbocycles. The van der Waals surface area contributed by atoms with Crippen molar-refractivity contribution in [2.45, 2.75) is 36.4 Å². The van der Waals surface area contributed by atoms with E-state index in [1.807, 2.05) is 53.1 Å². The number of para-hydroxylation sites is 1. The van der Waals surface area contributed by atoms with Crippen LogP contribution in [0.1, 0.15) is 30.0 Å². The maximum Gasteiger partial charge on any atom is 0.262 e. The lowest BCUT2D eigenvalue weighted by Crippen LogP contribution is -2.22. The highest BCUT2D eigenvalue weighted by Gasteiger charge is 2.28. The van der Waals surface area contributed by atoms with E-state index in [2.05, 4.69) is 0 Å². The Hall–Kier alpha value is -2.11. The first-order valence-electron chi connectivity index (χ1n) is 8.09. The minimum atomic E-state index is 0.0564. The van der Waals surface area contributed by atoms with Crippen molar-refractivity contribution >= 4 is 22.7 Å².